The van der Waals surface area contributed by atoms with Crippen molar-refractivity contribution in [2.75, 3.05) is 38.2 Å². The number of methoxy groups -OCH3 is 1. The van der Waals surface area contributed by atoms with Crippen molar-refractivity contribution in [1.29, 1.82) is 0 Å². The summed E-state index contributed by atoms with van der Waals surface area (Å²) in [7, 11) is 1.52. The Morgan fingerprint density at radius 3 is 2.48 bits per heavy atom. The van der Waals surface area contributed by atoms with Crippen molar-refractivity contribution in [2.24, 2.45) is 0 Å². The average molecular weight is 397 g/mol. The molecule has 2 aliphatic rings. The van der Waals surface area contributed by atoms with E-state index in [4.69, 9.17) is 9.47 Å². The van der Waals surface area contributed by atoms with Crippen LogP contribution in [-0.4, -0.2) is 77.9 Å². The minimum atomic E-state index is -1.02. The Bertz CT molecular complexity index is 774. The summed E-state index contributed by atoms with van der Waals surface area (Å²) in [5.41, 5.74) is 0.794. The number of para-hydroxylation sites is 1. The molecule has 2 heterocycles. The van der Waals surface area contributed by atoms with Crippen LogP contribution in [0.15, 0.2) is 24.3 Å². The van der Waals surface area contributed by atoms with Crippen molar-refractivity contribution in [3.05, 3.63) is 24.3 Å². The summed E-state index contributed by atoms with van der Waals surface area (Å²) < 4.78 is 11.3. The van der Waals surface area contributed by atoms with Crippen LogP contribution in [-0.2, 0) is 4.74 Å². The maximum atomic E-state index is 10.3. The van der Waals surface area contributed by atoms with E-state index in [-0.39, 0.29) is 12.4 Å². The second kappa shape index (κ2) is 8.53. The van der Waals surface area contributed by atoms with Crippen LogP contribution in [0.5, 0.6) is 5.88 Å². The van der Waals surface area contributed by atoms with E-state index in [9.17, 15) is 10.2 Å². The monoisotopic (exact) mass is 396 g/mol. The van der Waals surface area contributed by atoms with Gasteiger partial charge in [0.05, 0.1) is 17.0 Å². The van der Waals surface area contributed by atoms with Gasteiger partial charge in [-0.15, -0.1) is 12.4 Å². The molecule has 4 rings (SSSR count). The van der Waals surface area contributed by atoms with Crippen LogP contribution >= 0.6 is 12.4 Å². The van der Waals surface area contributed by atoms with Crippen molar-refractivity contribution >= 4 is 29.3 Å². The van der Waals surface area contributed by atoms with E-state index in [2.05, 4.69) is 20.2 Å². The smallest absolute Gasteiger partial charge is 0.229 e. The van der Waals surface area contributed by atoms with Crippen LogP contribution in [0.2, 0.25) is 0 Å². The van der Waals surface area contributed by atoms with Crippen LogP contribution in [0.25, 0.3) is 10.9 Å². The molecule has 1 aromatic heterocycles. The molecule has 0 bridgehead atoms. The van der Waals surface area contributed by atoms with Crippen LogP contribution < -0.4 is 15.0 Å². The zero-order valence-electron chi connectivity index (χ0n) is 15.1. The van der Waals surface area contributed by atoms with E-state index in [1.54, 1.807) is 0 Å². The molecule has 2 aromatic rings. The fourth-order valence-corrected chi connectivity index (χ4v) is 3.58. The van der Waals surface area contributed by atoms with Crippen LogP contribution in [0.4, 0.5) is 5.95 Å². The fourth-order valence-electron chi connectivity index (χ4n) is 3.58. The van der Waals surface area contributed by atoms with E-state index < -0.39 is 24.4 Å². The molecule has 1 aliphatic carbocycles. The first-order valence-electron chi connectivity index (χ1n) is 8.95. The largest absolute Gasteiger partial charge is 0.471 e. The number of rotatable bonds is 4. The highest BCUT2D eigenvalue weighted by molar-refractivity contribution is 5.85. The SMILES string of the molecule is COC1CC(Oc2nc(N3CCNCC3)nc3ccccc23)C(O)C1O.Cl. The Kier molecular flexibility index (Phi) is 6.33. The summed E-state index contributed by atoms with van der Waals surface area (Å²) in [4.78, 5) is 11.4. The van der Waals surface area contributed by atoms with Gasteiger partial charge in [-0.1, -0.05) is 12.1 Å². The number of aliphatic hydroxyl groups excluding tert-OH is 2. The van der Waals surface area contributed by atoms with Crippen molar-refractivity contribution in [3.8, 4) is 5.88 Å². The third-order valence-corrected chi connectivity index (χ3v) is 5.10. The zero-order valence-corrected chi connectivity index (χ0v) is 15.9. The van der Waals surface area contributed by atoms with E-state index >= 15 is 0 Å². The van der Waals surface area contributed by atoms with Gasteiger partial charge in [0.25, 0.3) is 0 Å². The van der Waals surface area contributed by atoms with E-state index in [1.807, 2.05) is 24.3 Å². The summed E-state index contributed by atoms with van der Waals surface area (Å²) in [6.45, 7) is 3.42. The first kappa shape index (κ1) is 20.0. The molecule has 1 aliphatic heterocycles. The minimum Gasteiger partial charge on any atom is -0.471 e. The number of fused-ring (bicyclic) bond motifs is 1. The number of aromatic nitrogens is 2. The quantitative estimate of drug-likeness (QED) is 0.680. The number of benzene rings is 1. The molecule has 4 atom stereocenters. The number of hydrogen-bond acceptors (Lipinski definition) is 8. The Labute approximate surface area is 163 Å². The molecule has 1 aromatic carbocycles. The van der Waals surface area contributed by atoms with E-state index in [0.717, 1.165) is 37.1 Å². The fraction of sp³-hybridized carbons (Fsp3) is 0.556. The molecule has 0 amide bonds. The topological polar surface area (TPSA) is 100.0 Å². The highest BCUT2D eigenvalue weighted by Gasteiger charge is 2.43. The molecule has 148 valence electrons. The molecule has 4 unspecified atom stereocenters. The maximum Gasteiger partial charge on any atom is 0.229 e. The number of ether oxygens (including phenoxy) is 2. The first-order valence-corrected chi connectivity index (χ1v) is 8.95. The number of nitrogens with one attached hydrogen (secondary N) is 1. The summed E-state index contributed by atoms with van der Waals surface area (Å²) in [5, 5.41) is 24.5. The predicted molar refractivity (Wildman–Crippen MR) is 104 cm³/mol. The van der Waals surface area contributed by atoms with Crippen LogP contribution in [0.1, 0.15) is 6.42 Å². The lowest BCUT2D eigenvalue weighted by Crippen LogP contribution is -2.44. The Hall–Kier alpha value is -1.71. The van der Waals surface area contributed by atoms with Gasteiger partial charge in [0.1, 0.15) is 18.3 Å². The van der Waals surface area contributed by atoms with E-state index in [1.165, 1.54) is 7.11 Å². The lowest BCUT2D eigenvalue weighted by Gasteiger charge is -2.28. The molecule has 2 fully saturated rings. The number of halogens is 1. The van der Waals surface area contributed by atoms with Gasteiger partial charge in [-0.3, -0.25) is 0 Å². The van der Waals surface area contributed by atoms with Gasteiger partial charge < -0.3 is 29.9 Å². The molecule has 0 radical (unpaired) electrons. The highest BCUT2D eigenvalue weighted by Crippen LogP contribution is 2.31. The second-order valence-electron chi connectivity index (χ2n) is 6.73. The number of anilines is 1. The number of aliphatic hydroxyl groups is 2. The number of piperazine rings is 1. The van der Waals surface area contributed by atoms with Crippen molar-refractivity contribution in [1.82, 2.24) is 15.3 Å². The molecule has 9 heteroatoms. The molecule has 8 nitrogen and oxygen atoms in total. The van der Waals surface area contributed by atoms with Gasteiger partial charge in [-0.05, 0) is 12.1 Å². The lowest BCUT2D eigenvalue weighted by atomic mass is 10.2. The zero-order chi connectivity index (χ0) is 18.1. The van der Waals surface area contributed by atoms with Gasteiger partial charge in [0, 0.05) is 39.7 Å². The molecule has 1 saturated heterocycles. The van der Waals surface area contributed by atoms with Crippen LogP contribution in [0, 0.1) is 0 Å². The second-order valence-corrected chi connectivity index (χ2v) is 6.73. The van der Waals surface area contributed by atoms with Gasteiger partial charge in [-0.2, -0.15) is 4.98 Å². The standard InChI is InChI=1S/C18H24N4O4.ClH/c1-25-13-10-14(16(24)15(13)23)26-17-11-4-2-3-5-12(11)20-18(21-17)22-8-6-19-7-9-22;/h2-5,13-16,19,23-24H,6-10H2,1H3;1H. The predicted octanol–water partition coefficient (Wildman–Crippen LogP) is 0.349. The van der Waals surface area contributed by atoms with Crippen molar-refractivity contribution in [3.63, 3.8) is 0 Å². The lowest BCUT2D eigenvalue weighted by molar-refractivity contribution is -0.0483. The first-order chi connectivity index (χ1) is 12.7. The summed E-state index contributed by atoms with van der Waals surface area (Å²) in [5.74, 6) is 1.05. The van der Waals surface area contributed by atoms with Crippen LogP contribution in [0.3, 0.4) is 0 Å². The molecule has 27 heavy (non-hydrogen) atoms. The van der Waals surface area contributed by atoms with Crippen molar-refractivity contribution < 1.29 is 19.7 Å². The molecule has 3 N–H and O–H groups in total. The molecule has 1 saturated carbocycles. The molecule has 0 spiro atoms. The summed E-state index contributed by atoms with van der Waals surface area (Å²) in [6, 6.07) is 7.65. The van der Waals surface area contributed by atoms with Gasteiger partial charge in [0.2, 0.25) is 11.8 Å². The normalized spacial score (nSPS) is 28.2. The van der Waals surface area contributed by atoms with E-state index in [0.29, 0.717) is 18.2 Å². The van der Waals surface area contributed by atoms with Crippen molar-refractivity contribution in [2.45, 2.75) is 30.8 Å². The minimum absolute atomic E-state index is 0. The Morgan fingerprint density at radius 1 is 1.07 bits per heavy atom. The summed E-state index contributed by atoms with van der Waals surface area (Å²) in [6.07, 6.45) is -2.61. The van der Waals surface area contributed by atoms with Gasteiger partial charge in [-0.25, -0.2) is 4.98 Å². The number of nitrogens with zero attached hydrogens (tertiary/aromatic N) is 3. The highest BCUT2D eigenvalue weighted by atomic mass is 35.5. The van der Waals surface area contributed by atoms with Gasteiger partial charge >= 0.3 is 0 Å². The number of hydrogen-bond donors (Lipinski definition) is 3. The third-order valence-electron chi connectivity index (χ3n) is 5.10. The summed E-state index contributed by atoms with van der Waals surface area (Å²) >= 11 is 0. The maximum absolute atomic E-state index is 10.3. The average Bonchev–Trinajstić information content (AvgIpc) is 2.96. The third kappa shape index (κ3) is 3.95. The van der Waals surface area contributed by atoms with Gasteiger partial charge in [0.15, 0.2) is 0 Å². The Balaban J connectivity index is 0.00000210. The molecular weight excluding hydrogens is 372 g/mol. The Morgan fingerprint density at radius 2 is 1.78 bits per heavy atom. The molecular formula is C18H25ClN4O4.